The highest BCUT2D eigenvalue weighted by molar-refractivity contribution is 8.00. The van der Waals surface area contributed by atoms with Gasteiger partial charge in [0.2, 0.25) is 0 Å². The van der Waals surface area contributed by atoms with Crippen molar-refractivity contribution >= 4 is 11.8 Å². The third-order valence-electron chi connectivity index (χ3n) is 2.43. The molecule has 3 heteroatoms. The Morgan fingerprint density at radius 1 is 1.27 bits per heavy atom. The lowest BCUT2D eigenvalue weighted by Gasteiger charge is -2.15. The first-order valence-corrected chi connectivity index (χ1v) is 6.07. The summed E-state index contributed by atoms with van der Waals surface area (Å²) < 4.78 is 13.2. The van der Waals surface area contributed by atoms with Crippen LogP contribution < -0.4 is 5.73 Å². The topological polar surface area (TPSA) is 26.0 Å². The quantitative estimate of drug-likeness (QED) is 0.798. The third kappa shape index (κ3) is 3.84. The summed E-state index contributed by atoms with van der Waals surface area (Å²) in [6.45, 7) is 6.88. The van der Waals surface area contributed by atoms with Gasteiger partial charge in [-0.15, -0.1) is 11.8 Å². The second-order valence-electron chi connectivity index (χ2n) is 4.07. The van der Waals surface area contributed by atoms with Gasteiger partial charge in [0.05, 0.1) is 0 Å². The van der Waals surface area contributed by atoms with Crippen molar-refractivity contribution in [3.8, 4) is 0 Å². The molecule has 1 aromatic carbocycles. The molecule has 0 saturated heterocycles. The van der Waals surface area contributed by atoms with Crippen molar-refractivity contribution in [3.05, 3.63) is 29.6 Å². The normalized spacial score (nSPS) is 13.2. The Bertz CT molecular complexity index is 325. The predicted octanol–water partition coefficient (Wildman–Crippen LogP) is 3.42. The minimum absolute atomic E-state index is 0.198. The molecule has 0 aliphatic heterocycles. The Balaban J connectivity index is 2.80. The Labute approximate surface area is 95.2 Å². The maximum atomic E-state index is 13.2. The van der Waals surface area contributed by atoms with E-state index in [9.17, 15) is 4.39 Å². The number of hydrogen-bond acceptors (Lipinski definition) is 2. The number of rotatable bonds is 4. The fourth-order valence-corrected chi connectivity index (χ4v) is 2.26. The average molecular weight is 227 g/mol. The first kappa shape index (κ1) is 12.5. The molecule has 0 heterocycles. The van der Waals surface area contributed by atoms with Crippen molar-refractivity contribution in [1.29, 1.82) is 0 Å². The Morgan fingerprint density at radius 2 is 1.93 bits per heavy atom. The Hall–Kier alpha value is -0.540. The van der Waals surface area contributed by atoms with Crippen LogP contribution in [-0.2, 0) is 6.54 Å². The summed E-state index contributed by atoms with van der Waals surface area (Å²) >= 11 is 1.70. The van der Waals surface area contributed by atoms with Gasteiger partial charge in [-0.05, 0) is 29.7 Å². The summed E-state index contributed by atoms with van der Waals surface area (Å²) in [6, 6.07) is 5.03. The highest BCUT2D eigenvalue weighted by atomic mass is 32.2. The molecular formula is C12H18FNS. The van der Waals surface area contributed by atoms with Crippen molar-refractivity contribution in [1.82, 2.24) is 0 Å². The molecule has 1 atom stereocenters. The minimum Gasteiger partial charge on any atom is -0.326 e. The van der Waals surface area contributed by atoms with E-state index in [1.54, 1.807) is 17.8 Å². The smallest absolute Gasteiger partial charge is 0.124 e. The molecule has 84 valence electrons. The molecule has 0 spiro atoms. The zero-order valence-electron chi connectivity index (χ0n) is 9.46. The zero-order valence-corrected chi connectivity index (χ0v) is 10.3. The van der Waals surface area contributed by atoms with Gasteiger partial charge in [-0.3, -0.25) is 0 Å². The molecule has 0 bridgehead atoms. The van der Waals surface area contributed by atoms with Gasteiger partial charge in [-0.1, -0.05) is 20.8 Å². The fourth-order valence-electron chi connectivity index (χ4n) is 1.16. The molecule has 1 rings (SSSR count). The maximum absolute atomic E-state index is 13.2. The van der Waals surface area contributed by atoms with E-state index in [1.807, 2.05) is 6.07 Å². The molecule has 15 heavy (non-hydrogen) atoms. The number of hydrogen-bond donors (Lipinski definition) is 1. The van der Waals surface area contributed by atoms with Crippen LogP contribution in [0, 0.1) is 11.7 Å². The molecule has 1 aromatic rings. The van der Waals surface area contributed by atoms with Crippen LogP contribution in [0.5, 0.6) is 0 Å². The summed E-state index contributed by atoms with van der Waals surface area (Å²) in [5.74, 6) is 0.385. The maximum Gasteiger partial charge on any atom is 0.124 e. The van der Waals surface area contributed by atoms with Gasteiger partial charge in [0.1, 0.15) is 5.82 Å². The second kappa shape index (κ2) is 5.52. The summed E-state index contributed by atoms with van der Waals surface area (Å²) in [5.41, 5.74) is 6.36. The second-order valence-corrected chi connectivity index (χ2v) is 5.52. The summed E-state index contributed by atoms with van der Waals surface area (Å²) in [7, 11) is 0. The van der Waals surface area contributed by atoms with Gasteiger partial charge < -0.3 is 5.73 Å². The Morgan fingerprint density at radius 3 is 2.47 bits per heavy atom. The number of halogens is 1. The molecular weight excluding hydrogens is 209 g/mol. The van der Waals surface area contributed by atoms with E-state index >= 15 is 0 Å². The molecule has 0 radical (unpaired) electrons. The summed E-state index contributed by atoms with van der Waals surface area (Å²) in [4.78, 5) is 0.969. The Kier molecular flexibility index (Phi) is 4.61. The van der Waals surface area contributed by atoms with Crippen LogP contribution in [-0.4, -0.2) is 5.25 Å². The van der Waals surface area contributed by atoms with Crippen molar-refractivity contribution in [2.75, 3.05) is 0 Å². The number of nitrogens with two attached hydrogens (primary N) is 1. The molecule has 2 N–H and O–H groups in total. The van der Waals surface area contributed by atoms with Gasteiger partial charge in [0.25, 0.3) is 0 Å². The molecule has 0 fully saturated rings. The average Bonchev–Trinajstić information content (AvgIpc) is 2.16. The van der Waals surface area contributed by atoms with Gasteiger partial charge in [0.15, 0.2) is 0 Å². The first-order chi connectivity index (χ1) is 7.02. The SMILES string of the molecule is CC(C)C(C)Sc1cc(F)cc(CN)c1. The van der Waals surface area contributed by atoms with E-state index in [0.717, 1.165) is 10.5 Å². The van der Waals surface area contributed by atoms with E-state index in [1.165, 1.54) is 6.07 Å². The van der Waals surface area contributed by atoms with Crippen LogP contribution in [0.2, 0.25) is 0 Å². The molecule has 0 saturated carbocycles. The number of benzene rings is 1. The third-order valence-corrected chi connectivity index (χ3v) is 3.85. The van der Waals surface area contributed by atoms with Crippen LogP contribution in [0.3, 0.4) is 0 Å². The van der Waals surface area contributed by atoms with Gasteiger partial charge in [0, 0.05) is 16.7 Å². The minimum atomic E-state index is -0.198. The van der Waals surface area contributed by atoms with Gasteiger partial charge in [-0.2, -0.15) is 0 Å². The van der Waals surface area contributed by atoms with E-state index in [2.05, 4.69) is 20.8 Å². The lowest BCUT2D eigenvalue weighted by molar-refractivity contribution is 0.620. The van der Waals surface area contributed by atoms with Crippen molar-refractivity contribution in [2.24, 2.45) is 11.7 Å². The largest absolute Gasteiger partial charge is 0.326 e. The van der Waals surface area contributed by atoms with Crippen molar-refractivity contribution < 1.29 is 4.39 Å². The first-order valence-electron chi connectivity index (χ1n) is 5.19. The highest BCUT2D eigenvalue weighted by Gasteiger charge is 2.10. The molecule has 0 amide bonds. The summed E-state index contributed by atoms with van der Waals surface area (Å²) in [5, 5.41) is 0.484. The van der Waals surface area contributed by atoms with Gasteiger partial charge in [-0.25, -0.2) is 4.39 Å². The van der Waals surface area contributed by atoms with Crippen LogP contribution in [0.25, 0.3) is 0 Å². The molecule has 0 aliphatic carbocycles. The lowest BCUT2D eigenvalue weighted by atomic mass is 10.2. The van der Waals surface area contributed by atoms with Crippen LogP contribution in [0.1, 0.15) is 26.3 Å². The molecule has 0 aromatic heterocycles. The van der Waals surface area contributed by atoms with Crippen LogP contribution in [0.15, 0.2) is 23.1 Å². The summed E-state index contributed by atoms with van der Waals surface area (Å²) in [6.07, 6.45) is 0. The van der Waals surface area contributed by atoms with E-state index in [-0.39, 0.29) is 5.82 Å². The molecule has 1 unspecified atom stereocenters. The van der Waals surface area contributed by atoms with E-state index < -0.39 is 0 Å². The molecule has 0 aliphatic rings. The standard InChI is InChI=1S/C12H18FNS/c1-8(2)9(3)15-12-5-10(7-14)4-11(13)6-12/h4-6,8-9H,7,14H2,1-3H3. The van der Waals surface area contributed by atoms with Crippen molar-refractivity contribution in [3.63, 3.8) is 0 Å². The fraction of sp³-hybridized carbons (Fsp3) is 0.500. The van der Waals surface area contributed by atoms with Crippen LogP contribution in [0.4, 0.5) is 4.39 Å². The van der Waals surface area contributed by atoms with E-state index in [0.29, 0.717) is 17.7 Å². The van der Waals surface area contributed by atoms with Crippen LogP contribution >= 0.6 is 11.8 Å². The van der Waals surface area contributed by atoms with E-state index in [4.69, 9.17) is 5.73 Å². The van der Waals surface area contributed by atoms with Crippen molar-refractivity contribution in [2.45, 2.75) is 37.5 Å². The monoisotopic (exact) mass is 227 g/mol. The molecule has 1 nitrogen and oxygen atoms in total. The predicted molar refractivity (Wildman–Crippen MR) is 64.4 cm³/mol. The van der Waals surface area contributed by atoms with Gasteiger partial charge >= 0.3 is 0 Å². The number of thioether (sulfide) groups is 1. The highest BCUT2D eigenvalue weighted by Crippen LogP contribution is 2.28. The lowest BCUT2D eigenvalue weighted by Crippen LogP contribution is -2.05. The zero-order chi connectivity index (χ0) is 11.4.